The van der Waals surface area contributed by atoms with Crippen LogP contribution in [0.4, 0.5) is 4.39 Å². The number of benzene rings is 1. The number of aliphatic imine (C=N–C) groups is 1. The van der Waals surface area contributed by atoms with Crippen LogP contribution in [0, 0.1) is 5.82 Å². The Morgan fingerprint density at radius 1 is 1.27 bits per heavy atom. The molecule has 1 aliphatic carbocycles. The number of hydrogen-bond acceptors (Lipinski definition) is 5. The molecular weight excluding hydrogens is 303 g/mol. The van der Waals surface area contributed by atoms with Crippen LogP contribution in [0.5, 0.6) is 0 Å². The van der Waals surface area contributed by atoms with Gasteiger partial charge in [0.05, 0.1) is 17.9 Å². The van der Waals surface area contributed by atoms with Gasteiger partial charge in [-0.1, -0.05) is 17.0 Å². The van der Waals surface area contributed by atoms with Gasteiger partial charge in [0.15, 0.2) is 5.17 Å². The average molecular weight is 316 g/mol. The smallest absolute Gasteiger partial charge is 0.177 e. The Labute approximate surface area is 130 Å². The molecule has 0 unspecified atom stereocenters. The molecule has 112 valence electrons. The fraction of sp³-hybridized carbons (Fsp3) is 0.286. The molecule has 2 aliphatic rings. The van der Waals surface area contributed by atoms with Gasteiger partial charge in [0.1, 0.15) is 17.2 Å². The zero-order chi connectivity index (χ0) is 14.9. The van der Waals surface area contributed by atoms with Crippen molar-refractivity contribution in [2.45, 2.75) is 18.9 Å². The van der Waals surface area contributed by atoms with Crippen LogP contribution in [0.2, 0.25) is 0 Å². The second kappa shape index (κ2) is 5.53. The van der Waals surface area contributed by atoms with Gasteiger partial charge in [-0.25, -0.2) is 9.07 Å². The van der Waals surface area contributed by atoms with Crippen molar-refractivity contribution in [1.82, 2.24) is 20.4 Å². The highest BCUT2D eigenvalue weighted by atomic mass is 32.2. The number of halogens is 1. The first-order valence-electron chi connectivity index (χ1n) is 7.00. The normalized spacial score (nSPS) is 19.9. The Morgan fingerprint density at radius 2 is 2.09 bits per heavy atom. The minimum Gasteiger partial charge on any atom is -0.258 e. The zero-order valence-electron chi connectivity index (χ0n) is 11.6. The van der Waals surface area contributed by atoms with Gasteiger partial charge in [0.25, 0.3) is 0 Å². The molecule has 1 fully saturated rings. The van der Waals surface area contributed by atoms with E-state index in [-0.39, 0.29) is 5.82 Å². The van der Waals surface area contributed by atoms with E-state index in [1.54, 1.807) is 34.8 Å². The number of hydrazone groups is 1. The van der Waals surface area contributed by atoms with Crippen molar-refractivity contribution >= 4 is 22.6 Å². The molecule has 1 aliphatic heterocycles. The highest BCUT2D eigenvalue weighted by Gasteiger charge is 2.23. The third-order valence-electron chi connectivity index (χ3n) is 3.36. The van der Waals surface area contributed by atoms with E-state index in [0.29, 0.717) is 17.5 Å². The Bertz CT molecular complexity index is 747. The summed E-state index contributed by atoms with van der Waals surface area (Å²) in [6.45, 7) is 0. The number of amidine groups is 1. The summed E-state index contributed by atoms with van der Waals surface area (Å²) >= 11 is 1.62. The molecule has 0 spiro atoms. The second-order valence-corrected chi connectivity index (χ2v) is 6.11. The largest absolute Gasteiger partial charge is 0.258 e. The van der Waals surface area contributed by atoms with E-state index in [4.69, 9.17) is 0 Å². The summed E-state index contributed by atoms with van der Waals surface area (Å²) in [6, 6.07) is 6.58. The number of nitrogens with zero attached hydrogens (tertiary/aromatic N) is 5. The molecule has 4 rings (SSSR count). The van der Waals surface area contributed by atoms with E-state index in [9.17, 15) is 4.39 Å². The van der Waals surface area contributed by atoms with Crippen molar-refractivity contribution in [3.05, 3.63) is 42.0 Å². The molecule has 6 nitrogen and oxygen atoms in total. The quantitative estimate of drug-likeness (QED) is 0.940. The topological polar surface area (TPSA) is 67.5 Å². The maximum Gasteiger partial charge on any atom is 0.177 e. The maximum atomic E-state index is 12.9. The molecule has 1 aromatic heterocycles. The second-order valence-electron chi connectivity index (χ2n) is 5.15. The van der Waals surface area contributed by atoms with E-state index in [1.807, 2.05) is 0 Å². The van der Waals surface area contributed by atoms with Gasteiger partial charge < -0.3 is 0 Å². The number of nitrogens with one attached hydrogen (secondary N) is 1. The summed E-state index contributed by atoms with van der Waals surface area (Å²) < 4.78 is 14.6. The summed E-state index contributed by atoms with van der Waals surface area (Å²) in [6.07, 6.45) is 4.14. The summed E-state index contributed by atoms with van der Waals surface area (Å²) in [5.41, 5.74) is 5.26. The number of hydrogen-bond donors (Lipinski definition) is 1. The highest BCUT2D eigenvalue weighted by molar-refractivity contribution is 8.14. The van der Waals surface area contributed by atoms with Gasteiger partial charge in [-0.05, 0) is 37.1 Å². The average Bonchev–Trinajstić information content (AvgIpc) is 3.22. The number of rotatable bonds is 3. The van der Waals surface area contributed by atoms with Crippen LogP contribution >= 0.6 is 11.8 Å². The van der Waals surface area contributed by atoms with E-state index < -0.39 is 0 Å². The third-order valence-corrected chi connectivity index (χ3v) is 4.25. The Hall–Kier alpha value is -2.22. The SMILES string of the molecule is Fc1ccc(-n2cc(C3=NNC(=NC4CC4)SC3)nn2)cc1. The molecule has 0 saturated heterocycles. The Kier molecular flexibility index (Phi) is 3.38. The Morgan fingerprint density at radius 3 is 2.77 bits per heavy atom. The van der Waals surface area contributed by atoms with Gasteiger partial charge in [-0.15, -0.1) is 5.10 Å². The standard InChI is InChI=1S/C14H13FN6S/c15-9-1-5-11(6-2-9)21-7-12(18-20-21)13-8-22-14(19-17-13)16-10-3-4-10/h1-2,5-7,10H,3-4,8H2,(H,16,19). The van der Waals surface area contributed by atoms with Crippen molar-refractivity contribution in [3.8, 4) is 5.69 Å². The van der Waals surface area contributed by atoms with E-state index in [0.717, 1.165) is 16.6 Å². The molecule has 22 heavy (non-hydrogen) atoms. The first kappa shape index (κ1) is 13.4. The lowest BCUT2D eigenvalue weighted by Gasteiger charge is -2.12. The fourth-order valence-electron chi connectivity index (χ4n) is 2.00. The summed E-state index contributed by atoms with van der Waals surface area (Å²) in [4.78, 5) is 4.52. The lowest BCUT2D eigenvalue weighted by Crippen LogP contribution is -2.26. The Balaban J connectivity index is 1.52. The summed E-state index contributed by atoms with van der Waals surface area (Å²) in [5, 5.41) is 13.4. The van der Waals surface area contributed by atoms with Gasteiger partial charge in [-0.3, -0.25) is 10.4 Å². The highest BCUT2D eigenvalue weighted by Crippen LogP contribution is 2.25. The number of aromatic nitrogens is 3. The summed E-state index contributed by atoms with van der Waals surface area (Å²) in [5.74, 6) is 0.435. The van der Waals surface area contributed by atoms with Crippen molar-refractivity contribution in [2.24, 2.45) is 10.1 Å². The zero-order valence-corrected chi connectivity index (χ0v) is 12.4. The van der Waals surface area contributed by atoms with Crippen LogP contribution in [-0.2, 0) is 0 Å². The van der Waals surface area contributed by atoms with Crippen LogP contribution in [0.1, 0.15) is 18.5 Å². The predicted molar refractivity (Wildman–Crippen MR) is 83.9 cm³/mol. The van der Waals surface area contributed by atoms with Gasteiger partial charge in [-0.2, -0.15) is 5.10 Å². The third kappa shape index (κ3) is 2.87. The van der Waals surface area contributed by atoms with Crippen LogP contribution < -0.4 is 5.43 Å². The molecule has 1 N–H and O–H groups in total. The van der Waals surface area contributed by atoms with Crippen LogP contribution in [0.3, 0.4) is 0 Å². The molecule has 0 amide bonds. The van der Waals surface area contributed by atoms with Crippen LogP contribution in [0.25, 0.3) is 5.69 Å². The van der Waals surface area contributed by atoms with Crippen molar-refractivity contribution in [1.29, 1.82) is 0 Å². The lowest BCUT2D eigenvalue weighted by atomic mass is 10.3. The van der Waals surface area contributed by atoms with E-state index in [1.165, 1.54) is 25.0 Å². The molecule has 8 heteroatoms. The maximum absolute atomic E-state index is 12.9. The minimum absolute atomic E-state index is 0.274. The molecule has 1 aromatic carbocycles. The molecule has 2 heterocycles. The monoisotopic (exact) mass is 316 g/mol. The van der Waals surface area contributed by atoms with Gasteiger partial charge in [0, 0.05) is 5.75 Å². The molecule has 0 radical (unpaired) electrons. The molecular formula is C14H13FN6S. The number of thioether (sulfide) groups is 1. The first-order chi connectivity index (χ1) is 10.8. The van der Waals surface area contributed by atoms with Gasteiger partial charge in [0.2, 0.25) is 0 Å². The van der Waals surface area contributed by atoms with Crippen molar-refractivity contribution in [2.75, 3.05) is 5.75 Å². The molecule has 2 aromatic rings. The predicted octanol–water partition coefficient (Wildman–Crippen LogP) is 1.97. The fourth-order valence-corrected chi connectivity index (χ4v) is 2.82. The first-order valence-corrected chi connectivity index (χ1v) is 7.98. The molecule has 0 bridgehead atoms. The van der Waals surface area contributed by atoms with Crippen molar-refractivity contribution in [3.63, 3.8) is 0 Å². The minimum atomic E-state index is -0.274. The lowest BCUT2D eigenvalue weighted by molar-refractivity contribution is 0.626. The van der Waals surface area contributed by atoms with Crippen LogP contribution in [-0.4, -0.2) is 37.7 Å². The molecule has 0 atom stereocenters. The van der Waals surface area contributed by atoms with Crippen molar-refractivity contribution < 1.29 is 4.39 Å². The summed E-state index contributed by atoms with van der Waals surface area (Å²) in [7, 11) is 0. The van der Waals surface area contributed by atoms with Gasteiger partial charge >= 0.3 is 0 Å². The molecule has 1 saturated carbocycles. The van der Waals surface area contributed by atoms with E-state index in [2.05, 4.69) is 25.8 Å². The van der Waals surface area contributed by atoms with E-state index >= 15 is 0 Å². The van der Waals surface area contributed by atoms with Crippen LogP contribution in [0.15, 0.2) is 40.6 Å².